The highest BCUT2D eigenvalue weighted by molar-refractivity contribution is 6.02. The summed E-state index contributed by atoms with van der Waals surface area (Å²) in [7, 11) is 0. The van der Waals surface area contributed by atoms with Crippen molar-refractivity contribution in [3.8, 4) is 5.69 Å². The van der Waals surface area contributed by atoms with E-state index in [4.69, 9.17) is 0 Å². The maximum Gasteiger partial charge on any atom is 0.277 e. The molecule has 1 N–H and O–H groups in total. The van der Waals surface area contributed by atoms with Gasteiger partial charge in [0.25, 0.3) is 5.91 Å². The lowest BCUT2D eigenvalue weighted by Crippen LogP contribution is -2.12. The molecule has 0 spiro atoms. The van der Waals surface area contributed by atoms with E-state index in [0.717, 1.165) is 11.3 Å². The summed E-state index contributed by atoms with van der Waals surface area (Å²) >= 11 is 0. The van der Waals surface area contributed by atoms with Crippen molar-refractivity contribution in [3.05, 3.63) is 66.2 Å². The number of anilines is 1. The second kappa shape index (κ2) is 5.54. The van der Waals surface area contributed by atoms with Crippen LogP contribution < -0.4 is 5.32 Å². The van der Waals surface area contributed by atoms with E-state index in [1.165, 1.54) is 0 Å². The maximum absolute atomic E-state index is 12.1. The number of nitrogens with one attached hydrogen (secondary N) is 1. The summed E-state index contributed by atoms with van der Waals surface area (Å²) in [5.41, 5.74) is 2.94. The molecule has 0 bridgehead atoms. The van der Waals surface area contributed by atoms with Crippen LogP contribution in [0.25, 0.3) is 5.69 Å². The van der Waals surface area contributed by atoms with Crippen molar-refractivity contribution in [1.29, 1.82) is 0 Å². The molecule has 6 nitrogen and oxygen atoms in total. The Labute approximate surface area is 121 Å². The highest BCUT2D eigenvalue weighted by Gasteiger charge is 2.11. The Balaban J connectivity index is 1.78. The largest absolute Gasteiger partial charge is 0.320 e. The van der Waals surface area contributed by atoms with Gasteiger partial charge in [0.1, 0.15) is 0 Å². The summed E-state index contributed by atoms with van der Waals surface area (Å²) < 4.78 is 1.57. The van der Waals surface area contributed by atoms with Crippen LogP contribution in [0.2, 0.25) is 0 Å². The highest BCUT2D eigenvalue weighted by Crippen LogP contribution is 2.10. The number of aromatic nitrogens is 4. The van der Waals surface area contributed by atoms with Gasteiger partial charge < -0.3 is 5.32 Å². The van der Waals surface area contributed by atoms with Crippen molar-refractivity contribution < 1.29 is 4.79 Å². The Morgan fingerprint density at radius 2 is 1.81 bits per heavy atom. The molecule has 104 valence electrons. The van der Waals surface area contributed by atoms with Crippen LogP contribution in [0.4, 0.5) is 5.69 Å². The SMILES string of the molecule is Cc1ccc(-n2cc(C(=O)Nc3ccncc3)nn2)cc1. The molecule has 0 aliphatic rings. The number of pyridine rings is 1. The fourth-order valence-corrected chi connectivity index (χ4v) is 1.82. The monoisotopic (exact) mass is 279 g/mol. The summed E-state index contributed by atoms with van der Waals surface area (Å²) in [5, 5.41) is 10.6. The van der Waals surface area contributed by atoms with E-state index in [1.807, 2.05) is 31.2 Å². The summed E-state index contributed by atoms with van der Waals surface area (Å²) in [6.45, 7) is 2.01. The fourth-order valence-electron chi connectivity index (χ4n) is 1.82. The van der Waals surface area contributed by atoms with Gasteiger partial charge in [0.2, 0.25) is 0 Å². The van der Waals surface area contributed by atoms with Gasteiger partial charge in [0.05, 0.1) is 11.9 Å². The lowest BCUT2D eigenvalue weighted by atomic mass is 10.2. The van der Waals surface area contributed by atoms with Gasteiger partial charge in [-0.1, -0.05) is 22.9 Å². The molecular formula is C15H13N5O. The number of benzene rings is 1. The molecular weight excluding hydrogens is 266 g/mol. The number of hydrogen-bond acceptors (Lipinski definition) is 4. The van der Waals surface area contributed by atoms with Crippen LogP contribution in [0.15, 0.2) is 55.0 Å². The van der Waals surface area contributed by atoms with Gasteiger partial charge >= 0.3 is 0 Å². The molecule has 0 fully saturated rings. The lowest BCUT2D eigenvalue weighted by molar-refractivity contribution is 0.102. The first kappa shape index (κ1) is 13.0. The van der Waals surface area contributed by atoms with E-state index in [0.29, 0.717) is 5.69 Å². The second-order valence-electron chi connectivity index (χ2n) is 4.57. The van der Waals surface area contributed by atoms with Crippen molar-refractivity contribution in [2.45, 2.75) is 6.92 Å². The second-order valence-corrected chi connectivity index (χ2v) is 4.57. The molecule has 0 aliphatic carbocycles. The normalized spacial score (nSPS) is 10.3. The van der Waals surface area contributed by atoms with Gasteiger partial charge in [0.15, 0.2) is 5.69 Å². The topological polar surface area (TPSA) is 72.7 Å². The maximum atomic E-state index is 12.1. The Morgan fingerprint density at radius 3 is 2.52 bits per heavy atom. The number of rotatable bonds is 3. The van der Waals surface area contributed by atoms with E-state index >= 15 is 0 Å². The molecule has 0 unspecified atom stereocenters. The molecule has 3 rings (SSSR count). The lowest BCUT2D eigenvalue weighted by Gasteiger charge is -2.01. The van der Waals surface area contributed by atoms with Gasteiger partial charge in [-0.15, -0.1) is 5.10 Å². The third-order valence-corrected chi connectivity index (χ3v) is 2.96. The van der Waals surface area contributed by atoms with E-state index in [-0.39, 0.29) is 11.6 Å². The van der Waals surface area contributed by atoms with Crippen LogP contribution in [-0.2, 0) is 0 Å². The predicted molar refractivity (Wildman–Crippen MR) is 78.3 cm³/mol. The smallest absolute Gasteiger partial charge is 0.277 e. The standard InChI is InChI=1S/C15H13N5O/c1-11-2-4-13(5-3-11)20-10-14(18-19-20)15(21)17-12-6-8-16-9-7-12/h2-10H,1H3,(H,16,17,21). The van der Waals surface area contributed by atoms with Crippen LogP contribution in [0.1, 0.15) is 16.1 Å². The Kier molecular flexibility index (Phi) is 3.42. The van der Waals surface area contributed by atoms with Crippen molar-refractivity contribution in [1.82, 2.24) is 20.0 Å². The number of amides is 1. The molecule has 0 aliphatic heterocycles. The number of carbonyl (C=O) groups excluding carboxylic acids is 1. The Hall–Kier alpha value is -3.02. The molecule has 3 aromatic rings. The van der Waals surface area contributed by atoms with Crippen LogP contribution in [0, 0.1) is 6.92 Å². The highest BCUT2D eigenvalue weighted by atomic mass is 16.2. The Bertz CT molecular complexity index is 749. The minimum Gasteiger partial charge on any atom is -0.320 e. The fraction of sp³-hybridized carbons (Fsp3) is 0.0667. The molecule has 0 saturated carbocycles. The first-order valence-electron chi connectivity index (χ1n) is 6.43. The van der Waals surface area contributed by atoms with E-state index in [2.05, 4.69) is 20.6 Å². The molecule has 0 radical (unpaired) electrons. The van der Waals surface area contributed by atoms with Gasteiger partial charge in [-0.05, 0) is 31.2 Å². The predicted octanol–water partition coefficient (Wildman–Crippen LogP) is 2.22. The van der Waals surface area contributed by atoms with Gasteiger partial charge in [-0.3, -0.25) is 9.78 Å². The molecule has 2 heterocycles. The third-order valence-electron chi connectivity index (χ3n) is 2.96. The zero-order valence-electron chi connectivity index (χ0n) is 11.4. The average Bonchev–Trinajstić information content (AvgIpc) is 2.99. The minimum atomic E-state index is -0.306. The van der Waals surface area contributed by atoms with Gasteiger partial charge in [-0.25, -0.2) is 4.68 Å². The quantitative estimate of drug-likeness (QED) is 0.798. The van der Waals surface area contributed by atoms with Gasteiger partial charge in [-0.2, -0.15) is 0 Å². The van der Waals surface area contributed by atoms with E-state index < -0.39 is 0 Å². The average molecular weight is 279 g/mol. The van der Waals surface area contributed by atoms with Crippen LogP contribution in [0.3, 0.4) is 0 Å². The van der Waals surface area contributed by atoms with Gasteiger partial charge in [0, 0.05) is 18.1 Å². The number of nitrogens with zero attached hydrogens (tertiary/aromatic N) is 4. The molecule has 1 amide bonds. The Morgan fingerprint density at radius 1 is 1.10 bits per heavy atom. The molecule has 21 heavy (non-hydrogen) atoms. The first-order chi connectivity index (χ1) is 10.2. The molecule has 6 heteroatoms. The van der Waals surface area contributed by atoms with Crippen LogP contribution >= 0.6 is 0 Å². The minimum absolute atomic E-state index is 0.257. The zero-order chi connectivity index (χ0) is 14.7. The van der Waals surface area contributed by atoms with Crippen molar-refractivity contribution in [2.24, 2.45) is 0 Å². The van der Waals surface area contributed by atoms with Crippen molar-refractivity contribution in [2.75, 3.05) is 5.32 Å². The van der Waals surface area contributed by atoms with Crippen LogP contribution in [0.5, 0.6) is 0 Å². The van der Waals surface area contributed by atoms with Crippen molar-refractivity contribution >= 4 is 11.6 Å². The number of hydrogen-bond donors (Lipinski definition) is 1. The van der Waals surface area contributed by atoms with Crippen LogP contribution in [-0.4, -0.2) is 25.9 Å². The van der Waals surface area contributed by atoms with Crippen molar-refractivity contribution in [3.63, 3.8) is 0 Å². The molecule has 2 aromatic heterocycles. The van der Waals surface area contributed by atoms with E-state index in [9.17, 15) is 4.79 Å². The third kappa shape index (κ3) is 2.94. The number of aryl methyl sites for hydroxylation is 1. The molecule has 0 atom stereocenters. The first-order valence-corrected chi connectivity index (χ1v) is 6.43. The summed E-state index contributed by atoms with van der Waals surface area (Å²) in [5.74, 6) is -0.306. The molecule has 1 aromatic carbocycles. The number of carbonyl (C=O) groups is 1. The van der Waals surface area contributed by atoms with E-state index in [1.54, 1.807) is 35.4 Å². The molecule has 0 saturated heterocycles. The zero-order valence-corrected chi connectivity index (χ0v) is 11.4. The summed E-state index contributed by atoms with van der Waals surface area (Å²) in [6, 6.07) is 11.2. The summed E-state index contributed by atoms with van der Waals surface area (Å²) in [4.78, 5) is 16.0. The summed E-state index contributed by atoms with van der Waals surface area (Å²) in [6.07, 6.45) is 4.82.